The highest BCUT2D eigenvalue weighted by molar-refractivity contribution is 7.90. The van der Waals surface area contributed by atoms with Crippen molar-refractivity contribution in [2.45, 2.75) is 54.9 Å². The average molecular weight is 452 g/mol. The second-order valence-electron chi connectivity index (χ2n) is 8.41. The van der Waals surface area contributed by atoms with Gasteiger partial charge in [-0.25, -0.2) is 0 Å². The van der Waals surface area contributed by atoms with Gasteiger partial charge in [-0.05, 0) is 32.2 Å². The summed E-state index contributed by atoms with van der Waals surface area (Å²) in [7, 11) is -2.30. The minimum Gasteiger partial charge on any atom is -0.144 e. The van der Waals surface area contributed by atoms with Crippen LogP contribution in [0.1, 0.15) is 32.1 Å². The zero-order valence-corrected chi connectivity index (χ0v) is 22.0. The first kappa shape index (κ1) is 22.4. The molecule has 0 aromatic heterocycles. The first-order valence-corrected chi connectivity index (χ1v) is 21.0. The Morgan fingerprint density at radius 2 is 1.36 bits per heavy atom. The maximum absolute atomic E-state index is 7.63. The molecule has 0 spiro atoms. The second kappa shape index (κ2) is 8.63. The summed E-state index contributed by atoms with van der Waals surface area (Å²) in [4.78, 5) is 0. The standard InChI is InChI=1S/C19H34Cl2P2Si2/c1-22(2)19(23(3)4,24(5,6)17-13-9-7-10-14-17)25(20,21)18-15-11-8-12-16-18/h7,9-10,13-14,18H,8,11-12,15-16H2,1-6H3. The van der Waals surface area contributed by atoms with E-state index >= 15 is 0 Å². The molecular weight excluding hydrogens is 417 g/mol. The van der Waals surface area contributed by atoms with Crippen LogP contribution in [0.2, 0.25) is 18.6 Å². The number of hydrogen-bond acceptors (Lipinski definition) is 0. The third-order valence-corrected chi connectivity index (χ3v) is 37.3. The van der Waals surface area contributed by atoms with Crippen molar-refractivity contribution < 1.29 is 0 Å². The van der Waals surface area contributed by atoms with Crippen molar-refractivity contribution in [2.24, 2.45) is 0 Å². The summed E-state index contributed by atoms with van der Waals surface area (Å²) >= 11 is 15.3. The summed E-state index contributed by atoms with van der Waals surface area (Å²) in [6.07, 6.45) is 6.51. The quantitative estimate of drug-likeness (QED) is 0.246. The first-order valence-electron chi connectivity index (χ1n) is 9.38. The van der Waals surface area contributed by atoms with Gasteiger partial charge in [-0.1, -0.05) is 80.7 Å². The van der Waals surface area contributed by atoms with Gasteiger partial charge < -0.3 is 0 Å². The van der Waals surface area contributed by atoms with E-state index in [0.29, 0.717) is 5.54 Å². The van der Waals surface area contributed by atoms with Gasteiger partial charge >= 0.3 is 0 Å². The van der Waals surface area contributed by atoms with E-state index in [0.717, 1.165) is 0 Å². The lowest BCUT2D eigenvalue weighted by atomic mass is 10.0. The summed E-state index contributed by atoms with van der Waals surface area (Å²) < 4.78 is 0.192. The molecule has 0 unspecified atom stereocenters. The van der Waals surface area contributed by atoms with Crippen LogP contribution in [0.15, 0.2) is 30.3 Å². The smallest absolute Gasteiger partial charge is 0.144 e. The van der Waals surface area contributed by atoms with Crippen LogP contribution < -0.4 is 5.19 Å². The summed E-state index contributed by atoms with van der Waals surface area (Å²) in [5, 5.41) is 1.54. The molecule has 0 amide bonds. The Morgan fingerprint density at radius 3 is 1.80 bits per heavy atom. The molecule has 0 aliphatic heterocycles. The van der Waals surface area contributed by atoms with Crippen LogP contribution in [0.3, 0.4) is 0 Å². The van der Waals surface area contributed by atoms with Crippen LogP contribution in [-0.4, -0.2) is 45.6 Å². The SMILES string of the molecule is CP(C)C(P(C)C)([Si](C)(C)c1ccccc1)[Si](Cl)(Cl)C1CCCCC1. The highest BCUT2D eigenvalue weighted by atomic mass is 35.7. The van der Waals surface area contributed by atoms with E-state index in [2.05, 4.69) is 70.1 Å². The van der Waals surface area contributed by atoms with E-state index in [-0.39, 0.29) is 20.0 Å². The van der Waals surface area contributed by atoms with Gasteiger partial charge in [-0.3, -0.25) is 0 Å². The fraction of sp³-hybridized carbons (Fsp3) is 0.684. The van der Waals surface area contributed by atoms with Gasteiger partial charge in [0, 0.05) is 4.14 Å². The number of rotatable bonds is 6. The van der Waals surface area contributed by atoms with Crippen molar-refractivity contribution in [3.63, 3.8) is 0 Å². The van der Waals surface area contributed by atoms with Crippen molar-refractivity contribution in [3.05, 3.63) is 30.3 Å². The molecule has 1 aliphatic carbocycles. The van der Waals surface area contributed by atoms with Crippen LogP contribution in [0.5, 0.6) is 0 Å². The molecule has 2 rings (SSSR count). The lowest BCUT2D eigenvalue weighted by Crippen LogP contribution is -2.70. The normalized spacial score (nSPS) is 18.2. The number of halogens is 2. The Bertz CT molecular complexity index is 548. The monoisotopic (exact) mass is 450 g/mol. The van der Waals surface area contributed by atoms with E-state index < -0.39 is 14.8 Å². The van der Waals surface area contributed by atoms with Crippen molar-refractivity contribution in [1.29, 1.82) is 0 Å². The van der Waals surface area contributed by atoms with E-state index in [1.165, 1.54) is 37.3 Å². The Kier molecular flexibility index (Phi) is 7.72. The van der Waals surface area contributed by atoms with Gasteiger partial charge in [0.25, 0.3) is 6.69 Å². The van der Waals surface area contributed by atoms with Gasteiger partial charge in [0.1, 0.15) is 0 Å². The summed E-state index contributed by atoms with van der Waals surface area (Å²) in [5.41, 5.74) is 0.579. The van der Waals surface area contributed by atoms with E-state index in [1.54, 1.807) is 0 Å². The molecule has 0 heterocycles. The summed E-state index contributed by atoms with van der Waals surface area (Å²) in [5.74, 6) is 0. The molecule has 0 atom stereocenters. The molecule has 0 N–H and O–H groups in total. The summed E-state index contributed by atoms with van der Waals surface area (Å²) in [6.45, 7) is 12.5. The Balaban J connectivity index is 2.65. The first-order chi connectivity index (χ1) is 11.6. The minimum atomic E-state index is -2.46. The fourth-order valence-corrected chi connectivity index (χ4v) is 43.3. The second-order valence-corrected chi connectivity index (χ2v) is 27.4. The lowest BCUT2D eigenvalue weighted by Gasteiger charge is -2.59. The molecule has 142 valence electrons. The van der Waals surface area contributed by atoms with E-state index in [4.69, 9.17) is 22.2 Å². The molecule has 0 bridgehead atoms. The largest absolute Gasteiger partial charge is 0.266 e. The van der Waals surface area contributed by atoms with E-state index in [1.807, 2.05) is 0 Å². The Labute approximate surface area is 169 Å². The number of benzene rings is 1. The van der Waals surface area contributed by atoms with Crippen LogP contribution in [0.4, 0.5) is 0 Å². The fourth-order valence-electron chi connectivity index (χ4n) is 5.34. The van der Waals surface area contributed by atoms with Crippen molar-refractivity contribution in [1.82, 2.24) is 0 Å². The Morgan fingerprint density at radius 1 is 0.880 bits per heavy atom. The molecule has 0 radical (unpaired) electrons. The van der Waals surface area contributed by atoms with Crippen LogP contribution in [-0.2, 0) is 0 Å². The van der Waals surface area contributed by atoms with Gasteiger partial charge in [0.2, 0.25) is 0 Å². The van der Waals surface area contributed by atoms with Crippen molar-refractivity contribution in [3.8, 4) is 0 Å². The number of hydrogen-bond donors (Lipinski definition) is 0. The Hall–Kier alpha value is 1.09. The molecular formula is C19H34Cl2P2Si2. The van der Waals surface area contributed by atoms with Gasteiger partial charge in [-0.15, -0.1) is 38.0 Å². The molecule has 0 nitrogen and oxygen atoms in total. The molecule has 6 heteroatoms. The average Bonchev–Trinajstić information content (AvgIpc) is 2.55. The zero-order valence-electron chi connectivity index (χ0n) is 16.6. The topological polar surface area (TPSA) is 0 Å². The van der Waals surface area contributed by atoms with Gasteiger partial charge in [0.05, 0.1) is 8.07 Å². The molecule has 1 aliphatic rings. The third-order valence-electron chi connectivity index (χ3n) is 6.24. The van der Waals surface area contributed by atoms with Crippen molar-refractivity contribution in [2.75, 3.05) is 26.7 Å². The van der Waals surface area contributed by atoms with E-state index in [9.17, 15) is 0 Å². The molecule has 25 heavy (non-hydrogen) atoms. The maximum Gasteiger partial charge on any atom is 0.266 e. The highest BCUT2D eigenvalue weighted by Gasteiger charge is 2.67. The predicted molar refractivity (Wildman–Crippen MR) is 128 cm³/mol. The molecule has 1 saturated carbocycles. The third kappa shape index (κ3) is 3.83. The maximum atomic E-state index is 7.63. The lowest BCUT2D eigenvalue weighted by molar-refractivity contribution is 0.497. The molecule has 1 aromatic carbocycles. The van der Waals surface area contributed by atoms with Gasteiger partial charge in [0.15, 0.2) is 0 Å². The van der Waals surface area contributed by atoms with Crippen LogP contribution in [0.25, 0.3) is 0 Å². The molecule has 1 fully saturated rings. The predicted octanol–water partition coefficient (Wildman–Crippen LogP) is 7.11. The van der Waals surface area contributed by atoms with Crippen molar-refractivity contribution >= 4 is 58.0 Å². The van der Waals surface area contributed by atoms with Crippen LogP contribution >= 0.6 is 38.0 Å². The minimum absolute atomic E-state index is 0.192. The molecule has 0 saturated heterocycles. The van der Waals surface area contributed by atoms with Crippen LogP contribution in [0, 0.1) is 0 Å². The highest BCUT2D eigenvalue weighted by Crippen LogP contribution is 2.73. The summed E-state index contributed by atoms with van der Waals surface area (Å²) in [6, 6.07) is 11.2. The molecule has 1 aromatic rings. The zero-order chi connectivity index (χ0) is 18.9. The van der Waals surface area contributed by atoms with Gasteiger partial charge in [-0.2, -0.15) is 0 Å².